The lowest BCUT2D eigenvalue weighted by Crippen LogP contribution is -2.36. The van der Waals surface area contributed by atoms with E-state index in [2.05, 4.69) is 10.3 Å². The van der Waals surface area contributed by atoms with Crippen LogP contribution < -0.4 is 5.32 Å². The number of benzene rings is 2. The third kappa shape index (κ3) is 3.59. The van der Waals surface area contributed by atoms with E-state index in [0.717, 1.165) is 4.90 Å². The van der Waals surface area contributed by atoms with Crippen LogP contribution in [0.5, 0.6) is 0 Å². The lowest BCUT2D eigenvalue weighted by molar-refractivity contribution is -0.121. The smallest absolute Gasteiger partial charge is 0.261 e. The highest BCUT2D eigenvalue weighted by Crippen LogP contribution is 2.24. The molecule has 1 aromatic heterocycles. The van der Waals surface area contributed by atoms with Gasteiger partial charge in [0.15, 0.2) is 0 Å². The molecule has 1 atom stereocenters. The molecule has 1 N–H and O–H groups in total. The molecule has 1 unspecified atom stereocenters. The van der Waals surface area contributed by atoms with E-state index in [4.69, 9.17) is 0 Å². The van der Waals surface area contributed by atoms with E-state index < -0.39 is 23.7 Å². The van der Waals surface area contributed by atoms with Crippen LogP contribution in [0.3, 0.4) is 0 Å². The van der Waals surface area contributed by atoms with Crippen LogP contribution in [0.2, 0.25) is 0 Å². The van der Waals surface area contributed by atoms with Crippen molar-refractivity contribution in [1.29, 1.82) is 0 Å². The van der Waals surface area contributed by atoms with Crippen LogP contribution in [0.4, 0.5) is 4.39 Å². The second-order valence-corrected chi connectivity index (χ2v) is 7.01. The second-order valence-electron chi connectivity index (χ2n) is 7.01. The molecule has 2 heterocycles. The third-order valence-electron chi connectivity index (χ3n) is 5.04. The molecule has 0 spiro atoms. The molecule has 0 fully saturated rings. The van der Waals surface area contributed by atoms with Gasteiger partial charge in [0.2, 0.25) is 5.91 Å². The molecule has 0 aliphatic carbocycles. The molecule has 0 radical (unpaired) electrons. The van der Waals surface area contributed by atoms with Gasteiger partial charge >= 0.3 is 0 Å². The number of aryl methyl sites for hydroxylation is 1. The van der Waals surface area contributed by atoms with Gasteiger partial charge in [0.25, 0.3) is 11.8 Å². The first kappa shape index (κ1) is 19.5. The van der Waals surface area contributed by atoms with E-state index in [0.29, 0.717) is 22.5 Å². The van der Waals surface area contributed by atoms with Crippen molar-refractivity contribution in [2.75, 3.05) is 6.54 Å². The van der Waals surface area contributed by atoms with Crippen molar-refractivity contribution >= 4 is 17.7 Å². The second kappa shape index (κ2) is 7.90. The van der Waals surface area contributed by atoms with Gasteiger partial charge in [-0.2, -0.15) is 0 Å². The van der Waals surface area contributed by atoms with Crippen molar-refractivity contribution in [1.82, 2.24) is 19.8 Å². The zero-order valence-corrected chi connectivity index (χ0v) is 16.2. The maximum atomic E-state index is 13.8. The summed E-state index contributed by atoms with van der Waals surface area (Å²) < 4.78 is 15.5. The minimum absolute atomic E-state index is 0.0470. The van der Waals surface area contributed by atoms with Crippen molar-refractivity contribution in [2.45, 2.75) is 12.5 Å². The molecule has 1 aliphatic heterocycles. The van der Waals surface area contributed by atoms with Gasteiger partial charge < -0.3 is 9.88 Å². The van der Waals surface area contributed by atoms with Crippen molar-refractivity contribution < 1.29 is 18.8 Å². The Balaban J connectivity index is 1.48. The number of halogens is 1. The molecule has 0 bridgehead atoms. The van der Waals surface area contributed by atoms with Gasteiger partial charge in [-0.05, 0) is 29.8 Å². The number of hydrogen-bond donors (Lipinski definition) is 1. The Labute approximate surface area is 172 Å². The Morgan fingerprint density at radius 3 is 2.40 bits per heavy atom. The number of imide groups is 1. The Hall–Kier alpha value is -3.81. The normalized spacial score (nSPS) is 14.0. The number of amides is 3. The van der Waals surface area contributed by atoms with Crippen LogP contribution in [0.15, 0.2) is 60.9 Å². The monoisotopic (exact) mass is 406 g/mol. The lowest BCUT2D eigenvalue weighted by atomic mass is 10.1. The SMILES string of the molecule is Cn1ccnc1C(NC(=O)CCN1C(=O)c2ccccc2C1=O)c1cccc(F)c1. The van der Waals surface area contributed by atoms with E-state index in [1.165, 1.54) is 12.1 Å². The quantitative estimate of drug-likeness (QED) is 0.638. The van der Waals surface area contributed by atoms with E-state index in [9.17, 15) is 18.8 Å². The van der Waals surface area contributed by atoms with Crippen LogP contribution in [0.1, 0.15) is 44.6 Å². The van der Waals surface area contributed by atoms with Gasteiger partial charge in [-0.15, -0.1) is 0 Å². The van der Waals surface area contributed by atoms with Crippen molar-refractivity contribution in [3.8, 4) is 0 Å². The molecule has 2 aromatic carbocycles. The summed E-state index contributed by atoms with van der Waals surface area (Å²) in [6.45, 7) is -0.0470. The van der Waals surface area contributed by atoms with Crippen LogP contribution >= 0.6 is 0 Å². The van der Waals surface area contributed by atoms with Crippen molar-refractivity contribution in [3.63, 3.8) is 0 Å². The largest absolute Gasteiger partial charge is 0.342 e. The lowest BCUT2D eigenvalue weighted by Gasteiger charge is -2.20. The van der Waals surface area contributed by atoms with Crippen molar-refractivity contribution in [3.05, 3.63) is 89.3 Å². The molecule has 4 rings (SSSR count). The first-order valence-electron chi connectivity index (χ1n) is 9.43. The van der Waals surface area contributed by atoms with E-state index in [-0.39, 0.29) is 18.9 Å². The molecule has 8 heteroatoms. The molecule has 0 saturated heterocycles. The molecule has 1 aliphatic rings. The summed E-state index contributed by atoms with van der Waals surface area (Å²) >= 11 is 0. The van der Waals surface area contributed by atoms with E-state index in [1.807, 2.05) is 0 Å². The minimum Gasteiger partial charge on any atom is -0.342 e. The molecular weight excluding hydrogens is 387 g/mol. The summed E-state index contributed by atoms with van der Waals surface area (Å²) in [6, 6.07) is 11.8. The summed E-state index contributed by atoms with van der Waals surface area (Å²) in [5.41, 5.74) is 1.22. The highest BCUT2D eigenvalue weighted by atomic mass is 19.1. The Bertz CT molecular complexity index is 1110. The summed E-state index contributed by atoms with van der Waals surface area (Å²) in [5.74, 6) is -1.09. The molecular formula is C22H19FN4O3. The van der Waals surface area contributed by atoms with Crippen LogP contribution in [0, 0.1) is 5.82 Å². The van der Waals surface area contributed by atoms with Gasteiger partial charge in [-0.3, -0.25) is 19.3 Å². The first-order chi connectivity index (χ1) is 14.5. The van der Waals surface area contributed by atoms with E-state index >= 15 is 0 Å². The molecule has 3 amide bonds. The Kier molecular flexibility index (Phi) is 5.14. The summed E-state index contributed by atoms with van der Waals surface area (Å²) in [5, 5.41) is 2.84. The number of imidazole rings is 1. The Morgan fingerprint density at radius 2 is 1.80 bits per heavy atom. The number of carbonyl (C=O) groups excluding carboxylic acids is 3. The number of nitrogens with one attached hydrogen (secondary N) is 1. The molecule has 152 valence electrons. The van der Waals surface area contributed by atoms with Gasteiger partial charge in [-0.1, -0.05) is 24.3 Å². The molecule has 7 nitrogen and oxygen atoms in total. The predicted octanol–water partition coefficient (Wildman–Crippen LogP) is 2.45. The van der Waals surface area contributed by atoms with Crippen LogP contribution in [0.25, 0.3) is 0 Å². The minimum atomic E-state index is -0.671. The van der Waals surface area contributed by atoms with Gasteiger partial charge in [0.1, 0.15) is 17.7 Å². The number of nitrogens with zero attached hydrogens (tertiary/aromatic N) is 3. The van der Waals surface area contributed by atoms with Crippen LogP contribution in [-0.4, -0.2) is 38.7 Å². The van der Waals surface area contributed by atoms with Crippen molar-refractivity contribution in [2.24, 2.45) is 7.05 Å². The highest BCUT2D eigenvalue weighted by Gasteiger charge is 2.35. The van der Waals surface area contributed by atoms with Gasteiger partial charge in [-0.25, -0.2) is 9.37 Å². The summed E-state index contributed by atoms with van der Waals surface area (Å²) in [6.07, 6.45) is 3.24. The fraction of sp³-hybridized carbons (Fsp3) is 0.182. The standard InChI is InChI=1S/C22H19FN4O3/c1-26-12-10-24-20(26)19(14-5-4-6-15(23)13-14)25-18(28)9-11-27-21(29)16-7-2-3-8-17(16)22(27)30/h2-8,10,12-13,19H,9,11H2,1H3,(H,25,28). The predicted molar refractivity (Wildman–Crippen MR) is 106 cm³/mol. The van der Waals surface area contributed by atoms with E-state index in [1.54, 1.807) is 60.4 Å². The first-order valence-corrected chi connectivity index (χ1v) is 9.43. The average molecular weight is 406 g/mol. The summed E-state index contributed by atoms with van der Waals surface area (Å²) in [4.78, 5) is 42.9. The van der Waals surface area contributed by atoms with Gasteiger partial charge in [0.05, 0.1) is 11.1 Å². The topological polar surface area (TPSA) is 84.3 Å². The maximum Gasteiger partial charge on any atom is 0.261 e. The number of rotatable bonds is 6. The third-order valence-corrected chi connectivity index (χ3v) is 5.04. The highest BCUT2D eigenvalue weighted by molar-refractivity contribution is 6.21. The zero-order chi connectivity index (χ0) is 21.3. The zero-order valence-electron chi connectivity index (χ0n) is 16.2. The number of hydrogen-bond acceptors (Lipinski definition) is 4. The average Bonchev–Trinajstić information content (AvgIpc) is 3.26. The molecule has 0 saturated carbocycles. The fourth-order valence-electron chi connectivity index (χ4n) is 3.53. The van der Waals surface area contributed by atoms with Gasteiger partial charge in [0, 0.05) is 32.4 Å². The van der Waals surface area contributed by atoms with Crippen LogP contribution in [-0.2, 0) is 11.8 Å². The number of aromatic nitrogens is 2. The maximum absolute atomic E-state index is 13.8. The number of carbonyl (C=O) groups is 3. The molecule has 30 heavy (non-hydrogen) atoms. The molecule has 3 aromatic rings. The summed E-state index contributed by atoms with van der Waals surface area (Å²) in [7, 11) is 1.78. The number of fused-ring (bicyclic) bond motifs is 1. The fourth-order valence-corrected chi connectivity index (χ4v) is 3.53. The Morgan fingerprint density at radius 1 is 1.10 bits per heavy atom.